The quantitative estimate of drug-likeness (QED) is 0.642. The molecule has 1 unspecified atom stereocenters. The Balaban J connectivity index is 4.76. The zero-order chi connectivity index (χ0) is 11.2. The van der Waals surface area contributed by atoms with E-state index in [0.717, 1.165) is 0 Å². The Morgan fingerprint density at radius 3 is 1.36 bits per heavy atom. The molecule has 0 aromatic rings. The number of nitriles is 2. The van der Waals surface area contributed by atoms with E-state index >= 15 is 0 Å². The Bertz CT molecular complexity index is 266. The van der Waals surface area contributed by atoms with Crippen LogP contribution in [0.25, 0.3) is 0 Å². The van der Waals surface area contributed by atoms with Crippen molar-refractivity contribution in [2.24, 2.45) is 10.2 Å². The first-order chi connectivity index (χ1) is 6.45. The average molecular weight is 192 g/mol. The molecule has 2 atom stereocenters. The molecule has 0 spiro atoms. The second-order valence-corrected chi connectivity index (χ2v) is 3.68. The molecule has 4 heteroatoms. The number of nitrogens with zero attached hydrogens (tertiary/aromatic N) is 4. The summed E-state index contributed by atoms with van der Waals surface area (Å²) in [5.41, 5.74) is -1.60. The van der Waals surface area contributed by atoms with Crippen molar-refractivity contribution < 1.29 is 0 Å². The van der Waals surface area contributed by atoms with E-state index in [1.165, 1.54) is 0 Å². The fourth-order valence-electron chi connectivity index (χ4n) is 0.565. The van der Waals surface area contributed by atoms with Gasteiger partial charge in [0.2, 0.25) is 0 Å². The van der Waals surface area contributed by atoms with E-state index < -0.39 is 11.1 Å². The largest absolute Gasteiger partial charge is 0.196 e. The molecule has 0 aliphatic carbocycles. The first kappa shape index (κ1) is 12.6. The molecule has 0 aliphatic rings. The van der Waals surface area contributed by atoms with Gasteiger partial charge in [-0.2, -0.15) is 20.8 Å². The molecular weight excluding hydrogens is 176 g/mol. The highest BCUT2D eigenvalue weighted by atomic mass is 15.2. The van der Waals surface area contributed by atoms with Gasteiger partial charge in [-0.1, -0.05) is 13.8 Å². The predicted octanol–water partition coefficient (Wildman–Crippen LogP) is 2.82. The van der Waals surface area contributed by atoms with Crippen LogP contribution < -0.4 is 0 Å². The van der Waals surface area contributed by atoms with Crippen molar-refractivity contribution in [3.63, 3.8) is 0 Å². The summed E-state index contributed by atoms with van der Waals surface area (Å²) in [7, 11) is 0. The van der Waals surface area contributed by atoms with Gasteiger partial charge < -0.3 is 0 Å². The second kappa shape index (κ2) is 4.72. The normalized spacial score (nSPS) is 19.3. The third-order valence-corrected chi connectivity index (χ3v) is 2.35. The van der Waals surface area contributed by atoms with Crippen LogP contribution in [0.3, 0.4) is 0 Å². The van der Waals surface area contributed by atoms with Gasteiger partial charge in [0.25, 0.3) is 0 Å². The minimum absolute atomic E-state index is 0.595. The Hall–Kier alpha value is -1.42. The van der Waals surface area contributed by atoms with Gasteiger partial charge in [-0.3, -0.25) is 0 Å². The SMILES string of the molecule is CCC(C)(C#N)N=N[C@@](C)(C#N)CC. The van der Waals surface area contributed by atoms with Crippen LogP contribution in [0.4, 0.5) is 0 Å². The van der Waals surface area contributed by atoms with Crippen molar-refractivity contribution in [1.82, 2.24) is 0 Å². The zero-order valence-electron chi connectivity index (χ0n) is 9.20. The summed E-state index contributed by atoms with van der Waals surface area (Å²) < 4.78 is 0. The molecule has 0 heterocycles. The number of azo groups is 1. The molecule has 0 N–H and O–H groups in total. The molecule has 0 saturated carbocycles. The molecule has 0 bridgehead atoms. The van der Waals surface area contributed by atoms with Crippen molar-refractivity contribution in [3.8, 4) is 12.1 Å². The van der Waals surface area contributed by atoms with Crippen LogP contribution in [0.2, 0.25) is 0 Å². The number of hydrogen-bond acceptors (Lipinski definition) is 4. The van der Waals surface area contributed by atoms with Crippen LogP contribution in [0.5, 0.6) is 0 Å². The summed E-state index contributed by atoms with van der Waals surface area (Å²) in [5.74, 6) is 0. The van der Waals surface area contributed by atoms with E-state index in [9.17, 15) is 0 Å². The first-order valence-corrected chi connectivity index (χ1v) is 4.72. The van der Waals surface area contributed by atoms with Crippen LogP contribution in [0, 0.1) is 22.7 Å². The molecule has 76 valence electrons. The molecule has 14 heavy (non-hydrogen) atoms. The van der Waals surface area contributed by atoms with Gasteiger partial charge in [-0.05, 0) is 26.7 Å². The van der Waals surface area contributed by atoms with Gasteiger partial charge in [0.15, 0.2) is 11.1 Å². The molecule has 0 rings (SSSR count). The van der Waals surface area contributed by atoms with E-state index in [1.54, 1.807) is 13.8 Å². The fraction of sp³-hybridized carbons (Fsp3) is 0.800. The highest BCUT2D eigenvalue weighted by molar-refractivity contribution is 5.06. The molecule has 0 fully saturated rings. The Morgan fingerprint density at radius 1 is 0.929 bits per heavy atom. The smallest absolute Gasteiger partial charge is 0.164 e. The third kappa shape index (κ3) is 3.14. The lowest BCUT2D eigenvalue weighted by Crippen LogP contribution is -2.22. The minimum Gasteiger partial charge on any atom is -0.196 e. The standard InChI is InChI=1S/C10H16N4/c1-5-9(3,7-11)13-14-10(4,6-2)8-12/h5-6H2,1-4H3/t9-,10?/m1/s1. The zero-order valence-corrected chi connectivity index (χ0v) is 9.20. The highest BCUT2D eigenvalue weighted by Crippen LogP contribution is 2.20. The van der Waals surface area contributed by atoms with Gasteiger partial charge in [0.05, 0.1) is 12.1 Å². The van der Waals surface area contributed by atoms with E-state index in [1.807, 2.05) is 13.8 Å². The maximum absolute atomic E-state index is 8.84. The first-order valence-electron chi connectivity index (χ1n) is 4.72. The molecule has 0 aromatic carbocycles. The summed E-state index contributed by atoms with van der Waals surface area (Å²) in [6.07, 6.45) is 1.19. The van der Waals surface area contributed by atoms with Crippen molar-refractivity contribution >= 4 is 0 Å². The summed E-state index contributed by atoms with van der Waals surface area (Å²) in [6, 6.07) is 4.16. The molecule has 0 amide bonds. The maximum Gasteiger partial charge on any atom is 0.164 e. The second-order valence-electron chi connectivity index (χ2n) is 3.68. The minimum atomic E-state index is -0.798. The summed E-state index contributed by atoms with van der Waals surface area (Å²) in [4.78, 5) is 0. The van der Waals surface area contributed by atoms with Crippen molar-refractivity contribution in [2.45, 2.75) is 51.6 Å². The van der Waals surface area contributed by atoms with Crippen molar-refractivity contribution in [3.05, 3.63) is 0 Å². The third-order valence-electron chi connectivity index (χ3n) is 2.35. The lowest BCUT2D eigenvalue weighted by Gasteiger charge is -2.16. The van der Waals surface area contributed by atoms with Gasteiger partial charge in [-0.25, -0.2) is 0 Å². The van der Waals surface area contributed by atoms with Crippen LogP contribution >= 0.6 is 0 Å². The van der Waals surface area contributed by atoms with Crippen LogP contribution in [-0.4, -0.2) is 11.1 Å². The maximum atomic E-state index is 8.84. The molecule has 0 radical (unpaired) electrons. The van der Waals surface area contributed by atoms with E-state index in [0.29, 0.717) is 12.8 Å². The molecule has 0 aliphatic heterocycles. The lowest BCUT2D eigenvalue weighted by atomic mass is 10.0. The molecule has 0 saturated heterocycles. The fourth-order valence-corrected chi connectivity index (χ4v) is 0.565. The van der Waals surface area contributed by atoms with Crippen LogP contribution in [0.15, 0.2) is 10.2 Å². The summed E-state index contributed by atoms with van der Waals surface area (Å²) in [5, 5.41) is 25.6. The molecular formula is C10H16N4. The molecule has 4 nitrogen and oxygen atoms in total. The lowest BCUT2D eigenvalue weighted by molar-refractivity contribution is 0.473. The topological polar surface area (TPSA) is 72.3 Å². The predicted molar refractivity (Wildman–Crippen MR) is 53.5 cm³/mol. The average Bonchev–Trinajstić information content (AvgIpc) is 2.25. The van der Waals surface area contributed by atoms with Gasteiger partial charge >= 0.3 is 0 Å². The van der Waals surface area contributed by atoms with Gasteiger partial charge in [-0.15, -0.1) is 0 Å². The van der Waals surface area contributed by atoms with Crippen molar-refractivity contribution in [1.29, 1.82) is 10.5 Å². The number of hydrogen-bond donors (Lipinski definition) is 0. The molecule has 0 aromatic heterocycles. The van der Waals surface area contributed by atoms with Crippen LogP contribution in [-0.2, 0) is 0 Å². The summed E-state index contributed by atoms with van der Waals surface area (Å²) in [6.45, 7) is 7.17. The van der Waals surface area contributed by atoms with Crippen LogP contribution in [0.1, 0.15) is 40.5 Å². The van der Waals surface area contributed by atoms with Crippen molar-refractivity contribution in [2.75, 3.05) is 0 Å². The Kier molecular flexibility index (Phi) is 4.24. The van der Waals surface area contributed by atoms with Gasteiger partial charge in [0.1, 0.15) is 0 Å². The van der Waals surface area contributed by atoms with E-state index in [2.05, 4.69) is 22.4 Å². The van der Waals surface area contributed by atoms with E-state index in [-0.39, 0.29) is 0 Å². The summed E-state index contributed by atoms with van der Waals surface area (Å²) >= 11 is 0. The highest BCUT2D eigenvalue weighted by Gasteiger charge is 2.25. The van der Waals surface area contributed by atoms with E-state index in [4.69, 9.17) is 10.5 Å². The Morgan fingerprint density at radius 2 is 1.21 bits per heavy atom. The monoisotopic (exact) mass is 192 g/mol. The van der Waals surface area contributed by atoms with Gasteiger partial charge in [0, 0.05) is 0 Å². The Labute approximate surface area is 85.3 Å². The number of rotatable bonds is 4.